The van der Waals surface area contributed by atoms with Crippen LogP contribution in [0.1, 0.15) is 5.56 Å². The maximum Gasteiger partial charge on any atom is 0.204 e. The Morgan fingerprint density at radius 2 is 2.12 bits per heavy atom. The second-order valence-corrected chi connectivity index (χ2v) is 4.34. The highest BCUT2D eigenvalue weighted by molar-refractivity contribution is 9.10. The van der Waals surface area contributed by atoms with Gasteiger partial charge < -0.3 is 4.42 Å². The molecule has 0 spiro atoms. The number of nitrogens with zero attached hydrogens (tertiary/aromatic N) is 3. The minimum atomic E-state index is 0.686. The van der Waals surface area contributed by atoms with Crippen molar-refractivity contribution < 1.29 is 4.42 Å². The zero-order valence-electron chi connectivity index (χ0n) is 8.51. The van der Waals surface area contributed by atoms with Crippen LogP contribution in [0.4, 0.5) is 0 Å². The molecule has 0 bridgehead atoms. The third-order valence-corrected chi connectivity index (χ3v) is 2.79. The average molecular weight is 278 g/mol. The molecule has 4 nitrogen and oxygen atoms in total. The molecule has 3 aromatic rings. The Hall–Kier alpha value is -1.62. The van der Waals surface area contributed by atoms with E-state index in [0.29, 0.717) is 16.3 Å². The molecule has 16 heavy (non-hydrogen) atoms. The van der Waals surface area contributed by atoms with Crippen LogP contribution in [0.15, 0.2) is 39.5 Å². The van der Waals surface area contributed by atoms with Crippen molar-refractivity contribution in [3.8, 4) is 11.6 Å². The number of fused-ring (bicyclic) bond motifs is 1. The first-order chi connectivity index (χ1) is 7.74. The number of aryl methyl sites for hydroxylation is 1. The van der Waals surface area contributed by atoms with E-state index < -0.39 is 0 Å². The largest absolute Gasteiger partial charge is 0.446 e. The van der Waals surface area contributed by atoms with Crippen LogP contribution in [0.2, 0.25) is 0 Å². The Morgan fingerprint density at radius 3 is 2.88 bits per heavy atom. The Balaban J connectivity index is 2.25. The number of hydrogen-bond acceptors (Lipinski definition) is 3. The number of halogens is 1. The van der Waals surface area contributed by atoms with Crippen LogP contribution in [0.5, 0.6) is 0 Å². The van der Waals surface area contributed by atoms with E-state index in [1.807, 2.05) is 41.8 Å². The summed E-state index contributed by atoms with van der Waals surface area (Å²) in [6, 6.07) is 7.69. The molecule has 3 aromatic heterocycles. The predicted molar refractivity (Wildman–Crippen MR) is 63.1 cm³/mol. The predicted octanol–water partition coefficient (Wildman–Crippen LogP) is 3.06. The van der Waals surface area contributed by atoms with Gasteiger partial charge in [0.05, 0.1) is 0 Å². The molecular weight excluding hydrogens is 270 g/mol. The second-order valence-electron chi connectivity index (χ2n) is 3.56. The molecular formula is C11H8BrN3O. The van der Waals surface area contributed by atoms with E-state index in [-0.39, 0.29) is 0 Å². The highest BCUT2D eigenvalue weighted by Crippen LogP contribution is 2.24. The van der Waals surface area contributed by atoms with Crippen molar-refractivity contribution in [3.63, 3.8) is 0 Å². The van der Waals surface area contributed by atoms with E-state index in [1.165, 1.54) is 0 Å². The van der Waals surface area contributed by atoms with E-state index in [0.717, 1.165) is 11.2 Å². The molecule has 0 atom stereocenters. The van der Waals surface area contributed by atoms with E-state index >= 15 is 0 Å². The fraction of sp³-hybridized carbons (Fsp3) is 0.0909. The number of furan rings is 1. The van der Waals surface area contributed by atoms with Crippen molar-refractivity contribution in [1.29, 1.82) is 0 Å². The summed E-state index contributed by atoms with van der Waals surface area (Å²) >= 11 is 3.27. The smallest absolute Gasteiger partial charge is 0.204 e. The molecule has 0 N–H and O–H groups in total. The first-order valence-electron chi connectivity index (χ1n) is 4.81. The summed E-state index contributed by atoms with van der Waals surface area (Å²) in [6.45, 7) is 2.03. The Bertz CT molecular complexity index is 656. The molecule has 0 fully saturated rings. The molecule has 0 unspecified atom stereocenters. The van der Waals surface area contributed by atoms with E-state index in [2.05, 4.69) is 26.1 Å². The summed E-state index contributed by atoms with van der Waals surface area (Å²) in [4.78, 5) is 0. The fourth-order valence-electron chi connectivity index (χ4n) is 1.60. The topological polar surface area (TPSA) is 43.3 Å². The van der Waals surface area contributed by atoms with Crippen LogP contribution in [0.25, 0.3) is 17.2 Å². The molecule has 0 aromatic carbocycles. The van der Waals surface area contributed by atoms with Crippen LogP contribution in [-0.4, -0.2) is 14.6 Å². The molecule has 80 valence electrons. The zero-order valence-corrected chi connectivity index (χ0v) is 10.1. The highest BCUT2D eigenvalue weighted by atomic mass is 79.9. The minimum Gasteiger partial charge on any atom is -0.446 e. The molecule has 3 rings (SSSR count). The average Bonchev–Trinajstić information content (AvgIpc) is 2.83. The summed E-state index contributed by atoms with van der Waals surface area (Å²) in [5, 5.41) is 8.22. The van der Waals surface area contributed by atoms with Gasteiger partial charge in [0.15, 0.2) is 16.1 Å². The number of aromatic nitrogens is 3. The molecule has 0 saturated heterocycles. The standard InChI is InChI=1S/C11H8BrN3O/c1-7-4-5-15-10(6-7)13-14-11(15)8-2-3-9(12)16-8/h2-6H,1H3. The van der Waals surface area contributed by atoms with Gasteiger partial charge in [0, 0.05) is 6.20 Å². The minimum absolute atomic E-state index is 0.686. The Morgan fingerprint density at radius 1 is 1.25 bits per heavy atom. The lowest BCUT2D eigenvalue weighted by atomic mass is 10.3. The van der Waals surface area contributed by atoms with Gasteiger partial charge in [-0.15, -0.1) is 10.2 Å². The van der Waals surface area contributed by atoms with Crippen LogP contribution >= 0.6 is 15.9 Å². The van der Waals surface area contributed by atoms with Crippen molar-refractivity contribution in [2.75, 3.05) is 0 Å². The van der Waals surface area contributed by atoms with Crippen molar-refractivity contribution in [3.05, 3.63) is 40.7 Å². The van der Waals surface area contributed by atoms with Crippen molar-refractivity contribution in [2.24, 2.45) is 0 Å². The van der Waals surface area contributed by atoms with Gasteiger partial charge in [0.2, 0.25) is 5.82 Å². The van der Waals surface area contributed by atoms with Crippen LogP contribution in [-0.2, 0) is 0 Å². The Labute approximate surface area is 100 Å². The monoisotopic (exact) mass is 277 g/mol. The normalized spacial score (nSPS) is 11.1. The van der Waals surface area contributed by atoms with E-state index in [9.17, 15) is 0 Å². The van der Waals surface area contributed by atoms with Crippen molar-refractivity contribution in [1.82, 2.24) is 14.6 Å². The second kappa shape index (κ2) is 3.45. The molecule has 3 heterocycles. The summed E-state index contributed by atoms with van der Waals surface area (Å²) in [7, 11) is 0. The summed E-state index contributed by atoms with van der Waals surface area (Å²) in [6.07, 6.45) is 1.94. The van der Waals surface area contributed by atoms with Crippen LogP contribution in [0.3, 0.4) is 0 Å². The third-order valence-electron chi connectivity index (χ3n) is 2.36. The summed E-state index contributed by atoms with van der Waals surface area (Å²) in [5.74, 6) is 1.41. The summed E-state index contributed by atoms with van der Waals surface area (Å²) in [5.41, 5.74) is 1.98. The molecule has 0 radical (unpaired) electrons. The molecule has 0 amide bonds. The first kappa shape index (κ1) is 9.59. The number of hydrogen-bond donors (Lipinski definition) is 0. The maximum absolute atomic E-state index is 5.46. The molecule has 0 saturated carbocycles. The molecule has 0 aliphatic rings. The highest BCUT2D eigenvalue weighted by Gasteiger charge is 2.11. The maximum atomic E-state index is 5.46. The van der Waals surface area contributed by atoms with Gasteiger partial charge in [0.1, 0.15) is 0 Å². The van der Waals surface area contributed by atoms with Gasteiger partial charge in [-0.3, -0.25) is 4.40 Å². The van der Waals surface area contributed by atoms with Crippen LogP contribution < -0.4 is 0 Å². The van der Waals surface area contributed by atoms with E-state index in [4.69, 9.17) is 4.42 Å². The van der Waals surface area contributed by atoms with Gasteiger partial charge >= 0.3 is 0 Å². The Kier molecular flexibility index (Phi) is 2.07. The first-order valence-corrected chi connectivity index (χ1v) is 5.60. The molecule has 0 aliphatic carbocycles. The lowest BCUT2D eigenvalue weighted by molar-refractivity contribution is 0.550. The molecule has 5 heteroatoms. The number of rotatable bonds is 1. The van der Waals surface area contributed by atoms with Crippen molar-refractivity contribution in [2.45, 2.75) is 6.92 Å². The zero-order chi connectivity index (χ0) is 11.1. The van der Waals surface area contributed by atoms with Gasteiger partial charge in [-0.25, -0.2) is 0 Å². The fourth-order valence-corrected chi connectivity index (χ4v) is 1.90. The SMILES string of the molecule is Cc1ccn2c(-c3ccc(Br)o3)nnc2c1. The third kappa shape index (κ3) is 1.44. The molecule has 0 aliphatic heterocycles. The summed E-state index contributed by atoms with van der Waals surface area (Å²) < 4.78 is 8.05. The quantitative estimate of drug-likeness (QED) is 0.687. The van der Waals surface area contributed by atoms with Gasteiger partial charge in [0.25, 0.3) is 0 Å². The van der Waals surface area contributed by atoms with Gasteiger partial charge in [-0.1, -0.05) is 0 Å². The van der Waals surface area contributed by atoms with E-state index in [1.54, 1.807) is 0 Å². The van der Waals surface area contributed by atoms with Crippen molar-refractivity contribution >= 4 is 21.6 Å². The lowest BCUT2D eigenvalue weighted by Gasteiger charge is -1.96. The van der Waals surface area contributed by atoms with Gasteiger partial charge in [-0.2, -0.15) is 0 Å². The number of pyridine rings is 1. The van der Waals surface area contributed by atoms with Crippen LogP contribution in [0, 0.1) is 6.92 Å². The van der Waals surface area contributed by atoms with Gasteiger partial charge in [-0.05, 0) is 52.7 Å². The lowest BCUT2D eigenvalue weighted by Crippen LogP contribution is -1.87.